The Morgan fingerprint density at radius 2 is 1.95 bits per heavy atom. The minimum Gasteiger partial charge on any atom is -0.278 e. The van der Waals surface area contributed by atoms with E-state index in [0.29, 0.717) is 9.50 Å². The molecule has 20 heavy (non-hydrogen) atoms. The minimum absolute atomic E-state index is 0.107. The lowest BCUT2D eigenvalue weighted by Gasteiger charge is -2.11. The first kappa shape index (κ1) is 15.6. The van der Waals surface area contributed by atoms with Gasteiger partial charge in [-0.25, -0.2) is 13.4 Å². The average Bonchev–Trinajstić information content (AvgIpc) is 2.35. The second-order valence-corrected chi connectivity index (χ2v) is 7.36. The van der Waals surface area contributed by atoms with E-state index >= 15 is 0 Å². The van der Waals surface area contributed by atoms with E-state index in [4.69, 9.17) is 23.2 Å². The number of sulfonamides is 1. The van der Waals surface area contributed by atoms with Gasteiger partial charge in [0.15, 0.2) is 0 Å². The fourth-order valence-electron chi connectivity index (χ4n) is 1.50. The molecular formula is C12H9BrCl2N2O2S. The number of rotatable bonds is 3. The molecular weight excluding hydrogens is 387 g/mol. The molecule has 0 amide bonds. The van der Waals surface area contributed by atoms with Crippen LogP contribution in [-0.2, 0) is 10.0 Å². The van der Waals surface area contributed by atoms with Gasteiger partial charge in [0.05, 0.1) is 10.7 Å². The number of anilines is 1. The van der Waals surface area contributed by atoms with Crippen LogP contribution in [0.4, 0.5) is 5.69 Å². The highest BCUT2D eigenvalue weighted by atomic mass is 79.9. The average molecular weight is 396 g/mol. The lowest BCUT2D eigenvalue weighted by Crippen LogP contribution is -2.14. The van der Waals surface area contributed by atoms with Gasteiger partial charge in [-0.05, 0) is 46.6 Å². The summed E-state index contributed by atoms with van der Waals surface area (Å²) in [6.07, 6.45) is 1.42. The number of benzene rings is 1. The van der Waals surface area contributed by atoms with Crippen molar-refractivity contribution in [2.24, 2.45) is 0 Å². The summed E-state index contributed by atoms with van der Waals surface area (Å²) in [5.41, 5.74) is 1.22. The van der Waals surface area contributed by atoms with Crippen molar-refractivity contribution in [3.8, 4) is 0 Å². The smallest absolute Gasteiger partial charge is 0.265 e. The van der Waals surface area contributed by atoms with Crippen LogP contribution in [0.2, 0.25) is 10.2 Å². The lowest BCUT2D eigenvalue weighted by molar-refractivity contribution is 0.601. The summed E-state index contributed by atoms with van der Waals surface area (Å²) in [6.45, 7) is 1.86. The standard InChI is InChI=1S/C12H9BrCl2N2O2S/c1-7-2-3-10(9(14)4-7)17-20(18,19)11-5-8(13)6-16-12(11)15/h2-6,17H,1H3. The summed E-state index contributed by atoms with van der Waals surface area (Å²) in [7, 11) is -3.86. The van der Waals surface area contributed by atoms with E-state index in [-0.39, 0.29) is 15.7 Å². The maximum atomic E-state index is 12.3. The zero-order valence-electron chi connectivity index (χ0n) is 10.2. The molecule has 0 bridgehead atoms. The van der Waals surface area contributed by atoms with Gasteiger partial charge in [0, 0.05) is 10.7 Å². The van der Waals surface area contributed by atoms with Crippen LogP contribution in [0.1, 0.15) is 5.56 Å². The Bertz CT molecular complexity index is 766. The molecule has 106 valence electrons. The summed E-state index contributed by atoms with van der Waals surface area (Å²) in [5.74, 6) is 0. The number of halogens is 3. The summed E-state index contributed by atoms with van der Waals surface area (Å²) in [5, 5.41) is 0.205. The number of pyridine rings is 1. The Hall–Kier alpha value is -0.820. The van der Waals surface area contributed by atoms with Crippen LogP contribution < -0.4 is 4.72 Å². The fraction of sp³-hybridized carbons (Fsp3) is 0.0833. The number of nitrogens with one attached hydrogen (secondary N) is 1. The van der Waals surface area contributed by atoms with Crippen molar-refractivity contribution in [2.75, 3.05) is 4.72 Å². The van der Waals surface area contributed by atoms with Gasteiger partial charge in [-0.3, -0.25) is 4.72 Å². The second-order valence-electron chi connectivity index (χ2n) is 4.03. The predicted octanol–water partition coefficient (Wildman–Crippen LogP) is 4.26. The zero-order valence-corrected chi connectivity index (χ0v) is 14.1. The Kier molecular flexibility index (Phi) is 4.59. The van der Waals surface area contributed by atoms with Crippen molar-refractivity contribution in [2.45, 2.75) is 11.8 Å². The van der Waals surface area contributed by atoms with Crippen molar-refractivity contribution in [3.05, 3.63) is 50.7 Å². The molecule has 0 aliphatic carbocycles. The van der Waals surface area contributed by atoms with Crippen molar-refractivity contribution in [1.29, 1.82) is 0 Å². The largest absolute Gasteiger partial charge is 0.278 e. The molecule has 1 aromatic carbocycles. The van der Waals surface area contributed by atoms with Gasteiger partial charge in [0.25, 0.3) is 10.0 Å². The summed E-state index contributed by atoms with van der Waals surface area (Å²) in [4.78, 5) is 3.67. The molecule has 1 aromatic heterocycles. The maximum absolute atomic E-state index is 12.3. The number of aromatic nitrogens is 1. The number of aryl methyl sites for hydroxylation is 1. The lowest BCUT2D eigenvalue weighted by atomic mass is 10.2. The van der Waals surface area contributed by atoms with Crippen molar-refractivity contribution in [1.82, 2.24) is 4.98 Å². The highest BCUT2D eigenvalue weighted by Crippen LogP contribution is 2.28. The number of hydrogen-bond acceptors (Lipinski definition) is 3. The molecule has 0 aliphatic heterocycles. The van der Waals surface area contributed by atoms with Crippen LogP contribution in [-0.4, -0.2) is 13.4 Å². The third kappa shape index (κ3) is 3.44. The van der Waals surface area contributed by atoms with Crippen molar-refractivity contribution < 1.29 is 8.42 Å². The summed E-state index contributed by atoms with van der Waals surface area (Å²) >= 11 is 15.0. The highest BCUT2D eigenvalue weighted by Gasteiger charge is 2.20. The Balaban J connectivity index is 2.43. The SMILES string of the molecule is Cc1ccc(NS(=O)(=O)c2cc(Br)cnc2Cl)c(Cl)c1. The van der Waals surface area contributed by atoms with Gasteiger partial charge in [-0.15, -0.1) is 0 Å². The van der Waals surface area contributed by atoms with Crippen LogP contribution in [0.3, 0.4) is 0 Å². The molecule has 0 fully saturated rings. The molecule has 0 atom stereocenters. The van der Waals surface area contributed by atoms with Crippen molar-refractivity contribution in [3.63, 3.8) is 0 Å². The second kappa shape index (κ2) is 5.89. The monoisotopic (exact) mass is 394 g/mol. The molecule has 0 spiro atoms. The van der Waals surface area contributed by atoms with E-state index in [1.807, 2.05) is 6.92 Å². The summed E-state index contributed by atoms with van der Waals surface area (Å²) < 4.78 is 27.5. The zero-order chi connectivity index (χ0) is 14.9. The third-order valence-electron chi connectivity index (χ3n) is 2.43. The molecule has 0 radical (unpaired) electrons. The van der Waals surface area contributed by atoms with E-state index in [0.717, 1.165) is 5.56 Å². The van der Waals surface area contributed by atoms with Crippen LogP contribution in [0.15, 0.2) is 39.8 Å². The van der Waals surface area contributed by atoms with Crippen LogP contribution in [0.25, 0.3) is 0 Å². The topological polar surface area (TPSA) is 59.1 Å². The van der Waals surface area contributed by atoms with E-state index in [9.17, 15) is 8.42 Å². The van der Waals surface area contributed by atoms with Crippen LogP contribution in [0, 0.1) is 6.92 Å². The van der Waals surface area contributed by atoms with Crippen molar-refractivity contribution >= 4 is 54.8 Å². The van der Waals surface area contributed by atoms with Gasteiger partial charge in [-0.2, -0.15) is 0 Å². The molecule has 0 unspecified atom stereocenters. The maximum Gasteiger partial charge on any atom is 0.265 e. The van der Waals surface area contributed by atoms with Gasteiger partial charge in [-0.1, -0.05) is 29.3 Å². The molecule has 8 heteroatoms. The highest BCUT2D eigenvalue weighted by molar-refractivity contribution is 9.10. The molecule has 0 saturated carbocycles. The van der Waals surface area contributed by atoms with Gasteiger partial charge >= 0.3 is 0 Å². The number of hydrogen-bond donors (Lipinski definition) is 1. The number of nitrogens with zero attached hydrogens (tertiary/aromatic N) is 1. The Morgan fingerprint density at radius 3 is 2.60 bits per heavy atom. The first-order valence-electron chi connectivity index (χ1n) is 5.39. The molecule has 0 saturated heterocycles. The van der Waals surface area contributed by atoms with E-state index < -0.39 is 10.0 Å². The molecule has 1 N–H and O–H groups in total. The Labute approximate surface area is 135 Å². The molecule has 0 aliphatic rings. The fourth-order valence-corrected chi connectivity index (χ4v) is 3.86. The molecule has 2 rings (SSSR count). The predicted molar refractivity (Wildman–Crippen MR) is 83.9 cm³/mol. The summed E-state index contributed by atoms with van der Waals surface area (Å²) in [6, 6.07) is 6.39. The Morgan fingerprint density at radius 1 is 1.25 bits per heavy atom. The molecule has 2 aromatic rings. The molecule has 4 nitrogen and oxygen atoms in total. The van der Waals surface area contributed by atoms with Crippen LogP contribution >= 0.6 is 39.1 Å². The first-order chi connectivity index (χ1) is 9.29. The van der Waals surface area contributed by atoms with E-state index in [1.165, 1.54) is 12.3 Å². The van der Waals surface area contributed by atoms with Gasteiger partial charge < -0.3 is 0 Å². The quantitative estimate of drug-likeness (QED) is 0.789. The normalized spacial score (nSPS) is 11.4. The van der Waals surface area contributed by atoms with E-state index in [1.54, 1.807) is 18.2 Å². The molecule has 1 heterocycles. The van der Waals surface area contributed by atoms with Gasteiger partial charge in [0.2, 0.25) is 0 Å². The van der Waals surface area contributed by atoms with Gasteiger partial charge in [0.1, 0.15) is 10.0 Å². The first-order valence-corrected chi connectivity index (χ1v) is 8.43. The van der Waals surface area contributed by atoms with Crippen LogP contribution in [0.5, 0.6) is 0 Å². The van der Waals surface area contributed by atoms with E-state index in [2.05, 4.69) is 25.6 Å². The minimum atomic E-state index is -3.86. The third-order valence-corrected chi connectivity index (χ3v) is 4.97.